The van der Waals surface area contributed by atoms with Crippen molar-refractivity contribution in [1.29, 1.82) is 0 Å². The van der Waals surface area contributed by atoms with Crippen LogP contribution >= 0.6 is 0 Å². The molecule has 0 bridgehead atoms. The van der Waals surface area contributed by atoms with Crippen LogP contribution < -0.4 is 61.2 Å². The van der Waals surface area contributed by atoms with Crippen LogP contribution in [0, 0.1) is 0 Å². The molecule has 0 saturated heterocycles. The van der Waals surface area contributed by atoms with Crippen LogP contribution in [0.5, 0.6) is 17.2 Å². The van der Waals surface area contributed by atoms with E-state index < -0.39 is 10.1 Å². The summed E-state index contributed by atoms with van der Waals surface area (Å²) < 4.78 is 37.8. The number of hydrogen-bond donors (Lipinski definition) is 1. The van der Waals surface area contributed by atoms with E-state index in [1.807, 2.05) is 0 Å². The van der Waals surface area contributed by atoms with E-state index in [9.17, 15) is 18.1 Å². The van der Waals surface area contributed by atoms with Gasteiger partial charge in [0.05, 0.1) is 0 Å². The van der Waals surface area contributed by atoms with Crippen molar-refractivity contribution in [2.24, 2.45) is 0 Å². The second-order valence-electron chi connectivity index (χ2n) is 8.08. The molecule has 0 aliphatic carbocycles. The molecule has 2 rings (SSSR count). The summed E-state index contributed by atoms with van der Waals surface area (Å²) in [4.78, 5) is -0.326. The van der Waals surface area contributed by atoms with Gasteiger partial charge in [-0.2, -0.15) is 8.42 Å². The Labute approximate surface area is 236 Å². The SMILES string of the molecule is CCCCCCCCCCCCCc1ccc(Oc2ccccc2S(=O)(=O)O)cc1[O-].[K+]. The molecule has 0 amide bonds. The predicted molar refractivity (Wildman–Crippen MR) is 122 cm³/mol. The van der Waals surface area contributed by atoms with Gasteiger partial charge in [0.25, 0.3) is 10.1 Å². The Balaban J connectivity index is 0.00000512. The minimum Gasteiger partial charge on any atom is -0.872 e. The molecule has 0 saturated carbocycles. The largest absolute Gasteiger partial charge is 1.00 e. The van der Waals surface area contributed by atoms with Gasteiger partial charge in [0.15, 0.2) is 0 Å². The number of aryl methyl sites for hydroxylation is 1. The van der Waals surface area contributed by atoms with E-state index in [1.165, 1.54) is 82.1 Å². The Morgan fingerprint density at radius 1 is 0.844 bits per heavy atom. The zero-order chi connectivity index (χ0) is 22.5. The maximum Gasteiger partial charge on any atom is 1.00 e. The summed E-state index contributed by atoms with van der Waals surface area (Å²) in [6.45, 7) is 2.24. The zero-order valence-corrected chi connectivity index (χ0v) is 23.5. The molecular weight excluding hydrogens is 451 g/mol. The molecule has 0 radical (unpaired) electrons. The Morgan fingerprint density at radius 3 is 1.97 bits per heavy atom. The van der Waals surface area contributed by atoms with E-state index in [0.29, 0.717) is 0 Å². The molecule has 0 aromatic heterocycles. The Morgan fingerprint density at radius 2 is 1.41 bits per heavy atom. The summed E-state index contributed by atoms with van der Waals surface area (Å²) in [6.07, 6.45) is 14.7. The van der Waals surface area contributed by atoms with Crippen LogP contribution in [0.25, 0.3) is 0 Å². The molecule has 0 atom stereocenters. The third-order valence-electron chi connectivity index (χ3n) is 5.44. The number of unbranched alkanes of at least 4 members (excludes halogenated alkanes) is 10. The molecular formula is C25H35KO5S. The quantitative estimate of drug-likeness (QED) is 0.236. The summed E-state index contributed by atoms with van der Waals surface area (Å²) in [5.74, 6) is 0.125. The predicted octanol–water partition coefficient (Wildman–Crippen LogP) is 3.66. The Bertz CT molecular complexity index is 899. The first-order valence-electron chi connectivity index (χ1n) is 11.5. The van der Waals surface area contributed by atoms with Crippen molar-refractivity contribution in [1.82, 2.24) is 0 Å². The van der Waals surface area contributed by atoms with Crippen LogP contribution in [0.3, 0.4) is 0 Å². The van der Waals surface area contributed by atoms with Crippen LogP contribution in [0.1, 0.15) is 83.1 Å². The summed E-state index contributed by atoms with van der Waals surface area (Å²) in [5.41, 5.74) is 0.742. The minimum atomic E-state index is -4.40. The molecule has 0 aliphatic heterocycles. The second kappa shape index (κ2) is 16.3. The summed E-state index contributed by atoms with van der Waals surface area (Å²) >= 11 is 0. The van der Waals surface area contributed by atoms with Crippen molar-refractivity contribution >= 4 is 10.1 Å². The average Bonchev–Trinajstić information content (AvgIpc) is 2.73. The average molecular weight is 487 g/mol. The number of benzene rings is 2. The van der Waals surface area contributed by atoms with Gasteiger partial charge in [0.1, 0.15) is 16.4 Å². The van der Waals surface area contributed by atoms with Gasteiger partial charge in [0, 0.05) is 0 Å². The van der Waals surface area contributed by atoms with E-state index in [2.05, 4.69) is 6.92 Å². The van der Waals surface area contributed by atoms with Crippen molar-refractivity contribution in [2.45, 2.75) is 88.9 Å². The summed E-state index contributed by atoms with van der Waals surface area (Å²) in [6, 6.07) is 10.6. The molecule has 2 aromatic carbocycles. The fourth-order valence-corrected chi connectivity index (χ4v) is 4.27. The van der Waals surface area contributed by atoms with E-state index in [0.717, 1.165) is 24.8 Å². The fraction of sp³-hybridized carbons (Fsp3) is 0.520. The molecule has 32 heavy (non-hydrogen) atoms. The smallest absolute Gasteiger partial charge is 0.872 e. The van der Waals surface area contributed by atoms with Gasteiger partial charge in [-0.15, -0.1) is 5.75 Å². The second-order valence-corrected chi connectivity index (χ2v) is 9.47. The molecule has 7 heteroatoms. The van der Waals surface area contributed by atoms with E-state index in [-0.39, 0.29) is 73.5 Å². The van der Waals surface area contributed by atoms with Gasteiger partial charge in [-0.1, -0.05) is 94.9 Å². The Kier molecular flexibility index (Phi) is 15.0. The third-order valence-corrected chi connectivity index (χ3v) is 6.34. The molecule has 0 spiro atoms. The monoisotopic (exact) mass is 486 g/mol. The maximum atomic E-state index is 12.4. The molecule has 0 unspecified atom stereocenters. The minimum absolute atomic E-state index is 0. The van der Waals surface area contributed by atoms with Crippen molar-refractivity contribution in [3.8, 4) is 17.2 Å². The van der Waals surface area contributed by atoms with Crippen LogP contribution in [0.4, 0.5) is 0 Å². The normalized spacial score (nSPS) is 11.2. The van der Waals surface area contributed by atoms with Crippen LogP contribution in [0.2, 0.25) is 0 Å². The standard InChI is InChI=1S/C25H36O5S.K/c1-2-3-4-5-6-7-8-9-10-11-12-15-21-18-19-22(20-23(21)26)30-24-16-13-14-17-25(24)31(27,28)29;/h13-14,16-20,26H,2-12,15H2,1H3,(H,27,28,29);/q;+1/p-1. The molecule has 0 aliphatic rings. The van der Waals surface area contributed by atoms with Crippen LogP contribution in [-0.4, -0.2) is 13.0 Å². The van der Waals surface area contributed by atoms with Crippen molar-refractivity contribution in [3.05, 3.63) is 48.0 Å². The van der Waals surface area contributed by atoms with Crippen molar-refractivity contribution in [2.75, 3.05) is 0 Å². The van der Waals surface area contributed by atoms with E-state index in [4.69, 9.17) is 4.74 Å². The van der Waals surface area contributed by atoms with Gasteiger partial charge in [-0.05, 0) is 37.1 Å². The topological polar surface area (TPSA) is 86.7 Å². The van der Waals surface area contributed by atoms with Gasteiger partial charge in [0.2, 0.25) is 0 Å². The fourth-order valence-electron chi connectivity index (χ4n) is 3.66. The first-order valence-corrected chi connectivity index (χ1v) is 12.9. The zero-order valence-electron chi connectivity index (χ0n) is 19.5. The molecule has 0 heterocycles. The van der Waals surface area contributed by atoms with E-state index in [1.54, 1.807) is 18.2 Å². The molecule has 1 N–H and O–H groups in total. The van der Waals surface area contributed by atoms with Gasteiger partial charge < -0.3 is 9.84 Å². The van der Waals surface area contributed by atoms with Gasteiger partial charge >= 0.3 is 51.4 Å². The first-order chi connectivity index (χ1) is 14.9. The molecule has 2 aromatic rings. The van der Waals surface area contributed by atoms with Crippen LogP contribution in [-0.2, 0) is 16.5 Å². The van der Waals surface area contributed by atoms with Crippen molar-refractivity contribution in [3.63, 3.8) is 0 Å². The third kappa shape index (κ3) is 11.1. The van der Waals surface area contributed by atoms with Crippen molar-refractivity contribution < 1.29 is 74.2 Å². The number of ether oxygens (including phenoxy) is 1. The molecule has 5 nitrogen and oxygen atoms in total. The number of para-hydroxylation sites is 1. The Hall–Kier alpha value is -0.414. The van der Waals surface area contributed by atoms with Gasteiger partial charge in [-0.25, -0.2) is 0 Å². The molecule has 0 fully saturated rings. The summed E-state index contributed by atoms with van der Waals surface area (Å²) in [5, 5.41) is 12.4. The number of rotatable bonds is 15. The number of hydrogen-bond acceptors (Lipinski definition) is 4. The first kappa shape index (κ1) is 29.6. The molecule has 172 valence electrons. The summed E-state index contributed by atoms with van der Waals surface area (Å²) in [7, 11) is -4.40. The maximum absolute atomic E-state index is 12.4. The van der Waals surface area contributed by atoms with Gasteiger partial charge in [-0.3, -0.25) is 4.55 Å². The van der Waals surface area contributed by atoms with E-state index >= 15 is 0 Å². The van der Waals surface area contributed by atoms with Crippen LogP contribution in [0.15, 0.2) is 47.4 Å².